The molecule has 0 radical (unpaired) electrons. The molecule has 0 amide bonds. The molecule has 0 aromatic heterocycles. The molecule has 0 saturated carbocycles. The van der Waals surface area contributed by atoms with Gasteiger partial charge < -0.3 is 5.11 Å². The molecular formula is C16H34O. The van der Waals surface area contributed by atoms with Gasteiger partial charge in [0.1, 0.15) is 0 Å². The van der Waals surface area contributed by atoms with Gasteiger partial charge in [-0.1, -0.05) is 66.2 Å². The topological polar surface area (TPSA) is 20.2 Å². The van der Waals surface area contributed by atoms with Gasteiger partial charge in [-0.25, -0.2) is 0 Å². The third-order valence-electron chi connectivity index (χ3n) is 4.30. The highest BCUT2D eigenvalue weighted by molar-refractivity contribution is 4.84. The molecule has 0 bridgehead atoms. The maximum absolute atomic E-state index is 10.7. The summed E-state index contributed by atoms with van der Waals surface area (Å²) in [5.41, 5.74) is -0.401. The van der Waals surface area contributed by atoms with Crippen LogP contribution in [0.3, 0.4) is 0 Å². The Morgan fingerprint density at radius 3 is 1.76 bits per heavy atom. The molecule has 0 aromatic carbocycles. The second kappa shape index (κ2) is 9.94. The van der Waals surface area contributed by atoms with E-state index in [4.69, 9.17) is 0 Å². The molecule has 0 aliphatic rings. The Morgan fingerprint density at radius 1 is 0.765 bits per heavy atom. The number of hydrogen-bond donors (Lipinski definition) is 1. The second-order valence-electron chi connectivity index (χ2n) is 5.50. The van der Waals surface area contributed by atoms with Gasteiger partial charge in [0.05, 0.1) is 5.60 Å². The molecule has 0 aliphatic carbocycles. The van der Waals surface area contributed by atoms with Gasteiger partial charge in [0.25, 0.3) is 0 Å². The largest absolute Gasteiger partial charge is 0.390 e. The maximum Gasteiger partial charge on any atom is 0.0670 e. The first-order valence-electron chi connectivity index (χ1n) is 7.86. The predicted molar refractivity (Wildman–Crippen MR) is 77.3 cm³/mol. The summed E-state index contributed by atoms with van der Waals surface area (Å²) in [6.45, 7) is 8.76. The van der Waals surface area contributed by atoms with Crippen molar-refractivity contribution in [3.63, 3.8) is 0 Å². The van der Waals surface area contributed by atoms with Crippen LogP contribution in [-0.2, 0) is 0 Å². The molecule has 1 N–H and O–H groups in total. The van der Waals surface area contributed by atoms with Crippen LogP contribution in [0.4, 0.5) is 0 Å². The fourth-order valence-electron chi connectivity index (χ4n) is 2.78. The Bertz CT molecular complexity index is 161. The van der Waals surface area contributed by atoms with Gasteiger partial charge in [-0.2, -0.15) is 0 Å². The summed E-state index contributed by atoms with van der Waals surface area (Å²) < 4.78 is 0. The summed E-state index contributed by atoms with van der Waals surface area (Å²) in [6, 6.07) is 0. The highest BCUT2D eigenvalue weighted by Crippen LogP contribution is 2.33. The van der Waals surface area contributed by atoms with E-state index in [0.29, 0.717) is 5.92 Å². The molecule has 0 aromatic rings. The van der Waals surface area contributed by atoms with Crippen LogP contribution in [0, 0.1) is 5.92 Å². The summed E-state index contributed by atoms with van der Waals surface area (Å²) in [7, 11) is 0. The number of rotatable bonds is 11. The van der Waals surface area contributed by atoms with Gasteiger partial charge in [-0.3, -0.25) is 0 Å². The zero-order valence-electron chi connectivity index (χ0n) is 12.6. The van der Waals surface area contributed by atoms with Crippen molar-refractivity contribution in [3.05, 3.63) is 0 Å². The Kier molecular flexibility index (Phi) is 9.91. The number of unbranched alkanes of at least 4 members (excludes halogenated alkanes) is 4. The minimum Gasteiger partial charge on any atom is -0.390 e. The van der Waals surface area contributed by atoms with E-state index in [0.717, 1.165) is 12.8 Å². The van der Waals surface area contributed by atoms with Gasteiger partial charge in [-0.05, 0) is 31.6 Å². The quantitative estimate of drug-likeness (QED) is 0.486. The minimum atomic E-state index is -0.401. The number of aliphatic hydroxyl groups is 1. The molecule has 0 spiro atoms. The van der Waals surface area contributed by atoms with Gasteiger partial charge in [0.15, 0.2) is 0 Å². The van der Waals surface area contributed by atoms with Gasteiger partial charge >= 0.3 is 0 Å². The average Bonchev–Trinajstić information content (AvgIpc) is 2.37. The average molecular weight is 242 g/mol. The van der Waals surface area contributed by atoms with Crippen molar-refractivity contribution in [2.75, 3.05) is 0 Å². The summed E-state index contributed by atoms with van der Waals surface area (Å²) in [4.78, 5) is 0. The highest BCUT2D eigenvalue weighted by Gasteiger charge is 2.31. The van der Waals surface area contributed by atoms with Crippen molar-refractivity contribution in [2.24, 2.45) is 5.92 Å². The fourth-order valence-corrected chi connectivity index (χ4v) is 2.78. The van der Waals surface area contributed by atoms with Crippen molar-refractivity contribution in [3.8, 4) is 0 Å². The van der Waals surface area contributed by atoms with E-state index in [9.17, 15) is 5.11 Å². The smallest absolute Gasteiger partial charge is 0.0670 e. The summed E-state index contributed by atoms with van der Waals surface area (Å²) in [6.07, 6.45) is 12.0. The normalized spacial score (nSPS) is 13.9. The second-order valence-corrected chi connectivity index (χ2v) is 5.50. The van der Waals surface area contributed by atoms with Crippen molar-refractivity contribution >= 4 is 0 Å². The van der Waals surface area contributed by atoms with E-state index < -0.39 is 5.60 Å². The van der Waals surface area contributed by atoms with Crippen LogP contribution in [0.5, 0.6) is 0 Å². The third kappa shape index (κ3) is 6.45. The molecule has 17 heavy (non-hydrogen) atoms. The standard InChI is InChI=1S/C16H34O/c1-5-9-11-12-14-15(13-10-6-2)16(17,7-3)8-4/h15,17H,5-14H2,1-4H3. The van der Waals surface area contributed by atoms with Crippen LogP contribution >= 0.6 is 0 Å². The van der Waals surface area contributed by atoms with Crippen molar-refractivity contribution in [1.29, 1.82) is 0 Å². The first-order valence-corrected chi connectivity index (χ1v) is 7.86. The van der Waals surface area contributed by atoms with E-state index in [1.807, 2.05) is 0 Å². The van der Waals surface area contributed by atoms with Crippen LogP contribution < -0.4 is 0 Å². The zero-order chi connectivity index (χ0) is 13.1. The predicted octanol–water partition coefficient (Wildman–Crippen LogP) is 5.31. The van der Waals surface area contributed by atoms with E-state index in [1.54, 1.807) is 0 Å². The molecule has 0 fully saturated rings. The van der Waals surface area contributed by atoms with E-state index in [1.165, 1.54) is 51.4 Å². The Balaban J connectivity index is 4.20. The van der Waals surface area contributed by atoms with Gasteiger partial charge in [-0.15, -0.1) is 0 Å². The van der Waals surface area contributed by atoms with Crippen molar-refractivity contribution in [2.45, 2.75) is 97.5 Å². The first-order chi connectivity index (χ1) is 8.14. The van der Waals surface area contributed by atoms with E-state index in [2.05, 4.69) is 27.7 Å². The summed E-state index contributed by atoms with van der Waals surface area (Å²) >= 11 is 0. The zero-order valence-corrected chi connectivity index (χ0v) is 12.6. The van der Waals surface area contributed by atoms with Crippen LogP contribution in [0.15, 0.2) is 0 Å². The molecule has 1 atom stereocenters. The Labute approximate surface area is 109 Å². The van der Waals surface area contributed by atoms with Crippen LogP contribution in [0.1, 0.15) is 91.9 Å². The molecule has 1 unspecified atom stereocenters. The molecular weight excluding hydrogens is 208 g/mol. The van der Waals surface area contributed by atoms with Gasteiger partial charge in [0, 0.05) is 0 Å². The SMILES string of the molecule is CCCCCCC(CCCC)C(O)(CC)CC. The van der Waals surface area contributed by atoms with Crippen LogP contribution in [0.25, 0.3) is 0 Å². The highest BCUT2D eigenvalue weighted by atomic mass is 16.3. The monoisotopic (exact) mass is 242 g/mol. The van der Waals surface area contributed by atoms with Crippen molar-refractivity contribution in [1.82, 2.24) is 0 Å². The Morgan fingerprint density at radius 2 is 1.29 bits per heavy atom. The molecule has 104 valence electrons. The molecule has 0 aliphatic heterocycles. The lowest BCUT2D eigenvalue weighted by atomic mass is 9.77. The molecule has 0 rings (SSSR count). The van der Waals surface area contributed by atoms with E-state index in [-0.39, 0.29) is 0 Å². The molecule has 0 heterocycles. The summed E-state index contributed by atoms with van der Waals surface area (Å²) in [5.74, 6) is 0.523. The Hall–Kier alpha value is -0.0400. The number of hydrogen-bond acceptors (Lipinski definition) is 1. The van der Waals surface area contributed by atoms with Crippen LogP contribution in [0.2, 0.25) is 0 Å². The third-order valence-corrected chi connectivity index (χ3v) is 4.30. The lowest BCUT2D eigenvalue weighted by molar-refractivity contribution is -0.0340. The lowest BCUT2D eigenvalue weighted by Crippen LogP contribution is -2.36. The molecule has 1 nitrogen and oxygen atoms in total. The maximum atomic E-state index is 10.7. The first kappa shape index (κ1) is 17.0. The minimum absolute atomic E-state index is 0.401. The van der Waals surface area contributed by atoms with Crippen molar-refractivity contribution < 1.29 is 5.11 Å². The van der Waals surface area contributed by atoms with Crippen LogP contribution in [-0.4, -0.2) is 10.7 Å². The molecule has 1 heteroatoms. The molecule has 0 saturated heterocycles. The fraction of sp³-hybridized carbons (Fsp3) is 1.00. The lowest BCUT2D eigenvalue weighted by Gasteiger charge is -2.35. The summed E-state index contributed by atoms with van der Waals surface area (Å²) in [5, 5.41) is 10.7. The van der Waals surface area contributed by atoms with Gasteiger partial charge in [0.2, 0.25) is 0 Å². The van der Waals surface area contributed by atoms with E-state index >= 15 is 0 Å².